The van der Waals surface area contributed by atoms with E-state index < -0.39 is 0 Å². The number of methoxy groups -OCH3 is 1. The summed E-state index contributed by atoms with van der Waals surface area (Å²) in [6.07, 6.45) is 1.74. The van der Waals surface area contributed by atoms with Crippen LogP contribution in [-0.4, -0.2) is 28.3 Å². The number of anilines is 1. The quantitative estimate of drug-likeness (QED) is 0.794. The van der Waals surface area contributed by atoms with Crippen molar-refractivity contribution in [2.24, 2.45) is 0 Å². The van der Waals surface area contributed by atoms with Gasteiger partial charge in [0.2, 0.25) is 11.8 Å². The Morgan fingerprint density at radius 3 is 2.75 bits per heavy atom. The molecule has 108 valence electrons. The van der Waals surface area contributed by atoms with Crippen LogP contribution in [0, 0.1) is 0 Å². The van der Waals surface area contributed by atoms with Gasteiger partial charge in [0.25, 0.3) is 0 Å². The lowest BCUT2D eigenvalue weighted by Crippen LogP contribution is -2.21. The van der Waals surface area contributed by atoms with E-state index in [-0.39, 0.29) is 0 Å². The van der Waals surface area contributed by atoms with E-state index in [1.165, 1.54) is 0 Å². The minimum atomic E-state index is 0.378. The third kappa shape index (κ3) is 4.20. The molecule has 0 unspecified atom stereocenters. The van der Waals surface area contributed by atoms with E-state index >= 15 is 0 Å². The Balaban J connectivity index is 1.84. The maximum Gasteiger partial charge on any atom is 0.315 e. The lowest BCUT2D eigenvalue weighted by atomic mass is 10.3. The van der Waals surface area contributed by atoms with Gasteiger partial charge in [0.05, 0.1) is 13.7 Å². The zero-order valence-electron chi connectivity index (χ0n) is 11.9. The highest BCUT2D eigenvalue weighted by atomic mass is 16.5. The molecule has 2 heterocycles. The monoisotopic (exact) mass is 277 g/mol. The van der Waals surface area contributed by atoms with Gasteiger partial charge in [-0.2, -0.15) is 0 Å². The molecule has 0 aliphatic heterocycles. The van der Waals surface area contributed by atoms with Gasteiger partial charge in [-0.15, -0.1) is 5.10 Å². The second-order valence-corrected chi connectivity index (χ2v) is 4.60. The van der Waals surface area contributed by atoms with E-state index in [2.05, 4.69) is 39.7 Å². The standard InChI is InChI=1S/C13H19N5O2/c1-9(2)14-8-12-17-18-13(20-12)16-7-10-4-5-11(19-3)15-6-10/h4-6,9,14H,7-8H2,1-3H3,(H,16,18). The van der Waals surface area contributed by atoms with Crippen LogP contribution in [0.1, 0.15) is 25.3 Å². The predicted molar refractivity (Wildman–Crippen MR) is 74.4 cm³/mol. The van der Waals surface area contributed by atoms with Crippen molar-refractivity contribution in [2.45, 2.75) is 33.0 Å². The Kier molecular flexibility index (Phi) is 4.89. The SMILES string of the molecule is COc1ccc(CNc2nnc(CNC(C)C)o2)cn1. The van der Waals surface area contributed by atoms with Gasteiger partial charge in [0.15, 0.2) is 0 Å². The normalized spacial score (nSPS) is 10.8. The summed E-state index contributed by atoms with van der Waals surface area (Å²) in [7, 11) is 1.59. The average Bonchev–Trinajstić information content (AvgIpc) is 2.91. The Morgan fingerprint density at radius 1 is 1.25 bits per heavy atom. The van der Waals surface area contributed by atoms with Gasteiger partial charge in [-0.1, -0.05) is 25.0 Å². The van der Waals surface area contributed by atoms with Crippen molar-refractivity contribution in [2.75, 3.05) is 12.4 Å². The second kappa shape index (κ2) is 6.85. The van der Waals surface area contributed by atoms with Crippen LogP contribution in [0.3, 0.4) is 0 Å². The summed E-state index contributed by atoms with van der Waals surface area (Å²) in [5.41, 5.74) is 1.01. The molecule has 0 saturated heterocycles. The molecular weight excluding hydrogens is 258 g/mol. The highest BCUT2D eigenvalue weighted by Crippen LogP contribution is 2.10. The lowest BCUT2D eigenvalue weighted by Gasteiger charge is -2.04. The van der Waals surface area contributed by atoms with Crippen molar-refractivity contribution >= 4 is 6.01 Å². The number of aromatic nitrogens is 3. The van der Waals surface area contributed by atoms with Crippen LogP contribution in [0.25, 0.3) is 0 Å². The van der Waals surface area contributed by atoms with Gasteiger partial charge in [-0.25, -0.2) is 4.98 Å². The summed E-state index contributed by atoms with van der Waals surface area (Å²) >= 11 is 0. The number of hydrogen-bond acceptors (Lipinski definition) is 7. The molecule has 0 aliphatic carbocycles. The summed E-state index contributed by atoms with van der Waals surface area (Å²) in [5, 5.41) is 14.2. The molecule has 0 bridgehead atoms. The maximum absolute atomic E-state index is 5.46. The Morgan fingerprint density at radius 2 is 2.10 bits per heavy atom. The summed E-state index contributed by atoms with van der Waals surface area (Å²) in [6.45, 7) is 5.26. The molecular formula is C13H19N5O2. The fourth-order valence-corrected chi connectivity index (χ4v) is 1.50. The van der Waals surface area contributed by atoms with Gasteiger partial charge in [-0.05, 0) is 5.56 Å². The number of hydrogen-bond donors (Lipinski definition) is 2. The van der Waals surface area contributed by atoms with E-state index in [1.54, 1.807) is 13.3 Å². The van der Waals surface area contributed by atoms with Crippen LogP contribution in [0.2, 0.25) is 0 Å². The highest BCUT2D eigenvalue weighted by Gasteiger charge is 2.06. The van der Waals surface area contributed by atoms with Crippen molar-refractivity contribution in [3.63, 3.8) is 0 Å². The van der Waals surface area contributed by atoms with E-state index in [4.69, 9.17) is 9.15 Å². The summed E-state index contributed by atoms with van der Waals surface area (Å²) in [6, 6.07) is 4.52. The van der Waals surface area contributed by atoms with Crippen molar-refractivity contribution in [3.8, 4) is 5.88 Å². The second-order valence-electron chi connectivity index (χ2n) is 4.60. The fourth-order valence-electron chi connectivity index (χ4n) is 1.50. The van der Waals surface area contributed by atoms with E-state index in [9.17, 15) is 0 Å². The molecule has 2 aromatic heterocycles. The molecule has 2 rings (SSSR count). The molecule has 0 atom stereocenters. The summed E-state index contributed by atoms with van der Waals surface area (Å²) < 4.78 is 10.5. The Bertz CT molecular complexity index is 524. The smallest absolute Gasteiger partial charge is 0.315 e. The number of ether oxygens (including phenoxy) is 1. The topological polar surface area (TPSA) is 85.1 Å². The predicted octanol–water partition coefficient (Wildman–Crippen LogP) is 1.58. The van der Waals surface area contributed by atoms with Crippen molar-refractivity contribution < 1.29 is 9.15 Å². The first-order chi connectivity index (χ1) is 9.67. The van der Waals surface area contributed by atoms with Crippen LogP contribution in [0.4, 0.5) is 6.01 Å². The van der Waals surface area contributed by atoms with Crippen LogP contribution in [-0.2, 0) is 13.1 Å². The largest absolute Gasteiger partial charge is 0.481 e. The Hall–Kier alpha value is -2.15. The molecule has 7 nitrogen and oxygen atoms in total. The zero-order valence-corrected chi connectivity index (χ0v) is 11.9. The molecule has 2 aromatic rings. The van der Waals surface area contributed by atoms with Crippen molar-refractivity contribution in [1.82, 2.24) is 20.5 Å². The minimum absolute atomic E-state index is 0.378. The molecule has 20 heavy (non-hydrogen) atoms. The van der Waals surface area contributed by atoms with Crippen LogP contribution in [0.5, 0.6) is 5.88 Å². The molecule has 0 aliphatic rings. The molecule has 7 heteroatoms. The fraction of sp³-hybridized carbons (Fsp3) is 0.462. The number of nitrogens with zero attached hydrogens (tertiary/aromatic N) is 3. The number of nitrogens with one attached hydrogen (secondary N) is 2. The van der Waals surface area contributed by atoms with Crippen LogP contribution < -0.4 is 15.4 Å². The minimum Gasteiger partial charge on any atom is -0.481 e. The third-order valence-corrected chi connectivity index (χ3v) is 2.58. The van der Waals surface area contributed by atoms with Gasteiger partial charge >= 0.3 is 6.01 Å². The van der Waals surface area contributed by atoms with Gasteiger partial charge in [0, 0.05) is 24.8 Å². The first-order valence-electron chi connectivity index (χ1n) is 6.46. The van der Waals surface area contributed by atoms with Crippen LogP contribution in [0.15, 0.2) is 22.7 Å². The molecule has 2 N–H and O–H groups in total. The molecule has 0 radical (unpaired) electrons. The van der Waals surface area contributed by atoms with Crippen LogP contribution >= 0.6 is 0 Å². The molecule has 0 fully saturated rings. The van der Waals surface area contributed by atoms with Crippen molar-refractivity contribution in [1.29, 1.82) is 0 Å². The third-order valence-electron chi connectivity index (χ3n) is 2.58. The first kappa shape index (κ1) is 14.3. The molecule has 0 aromatic carbocycles. The van der Waals surface area contributed by atoms with Gasteiger partial charge in [-0.3, -0.25) is 0 Å². The zero-order chi connectivity index (χ0) is 14.4. The number of rotatable bonds is 7. The maximum atomic E-state index is 5.46. The highest BCUT2D eigenvalue weighted by molar-refractivity contribution is 5.24. The number of pyridine rings is 1. The molecule has 0 saturated carbocycles. The van der Waals surface area contributed by atoms with Gasteiger partial charge < -0.3 is 19.8 Å². The van der Waals surface area contributed by atoms with Crippen molar-refractivity contribution in [3.05, 3.63) is 29.8 Å². The molecule has 0 amide bonds. The average molecular weight is 277 g/mol. The first-order valence-corrected chi connectivity index (χ1v) is 6.46. The van der Waals surface area contributed by atoms with E-state index in [0.717, 1.165) is 5.56 Å². The summed E-state index contributed by atoms with van der Waals surface area (Å²) in [5.74, 6) is 1.16. The van der Waals surface area contributed by atoms with E-state index in [0.29, 0.717) is 36.9 Å². The Labute approximate surface area is 117 Å². The molecule has 0 spiro atoms. The van der Waals surface area contributed by atoms with E-state index in [1.807, 2.05) is 12.1 Å². The summed E-state index contributed by atoms with van der Waals surface area (Å²) in [4.78, 5) is 4.12. The van der Waals surface area contributed by atoms with Gasteiger partial charge in [0.1, 0.15) is 0 Å². The lowest BCUT2D eigenvalue weighted by molar-refractivity contribution is 0.397.